The zero-order valence-corrected chi connectivity index (χ0v) is 14.5. The molecule has 5 nitrogen and oxygen atoms in total. The molecule has 0 unspecified atom stereocenters. The highest BCUT2D eigenvalue weighted by molar-refractivity contribution is 9.10. The normalized spacial score (nSPS) is 14.9. The Labute approximate surface area is 146 Å². The van der Waals surface area contributed by atoms with Crippen LogP contribution in [0, 0.1) is 5.82 Å². The van der Waals surface area contributed by atoms with Crippen LogP contribution in [0.2, 0.25) is 0 Å². The smallest absolute Gasteiger partial charge is 0.339 e. The van der Waals surface area contributed by atoms with Crippen molar-refractivity contribution in [3.8, 4) is 0 Å². The Balaban J connectivity index is 2.14. The first-order valence-corrected chi connectivity index (χ1v) is 9.10. The highest BCUT2D eigenvalue weighted by Crippen LogP contribution is 2.34. The zero-order valence-electron chi connectivity index (χ0n) is 12.1. The van der Waals surface area contributed by atoms with Crippen LogP contribution in [0.3, 0.4) is 0 Å². The van der Waals surface area contributed by atoms with E-state index in [9.17, 15) is 17.6 Å². The van der Waals surface area contributed by atoms with Gasteiger partial charge in [-0.3, -0.25) is 0 Å². The van der Waals surface area contributed by atoms with E-state index in [2.05, 4.69) is 15.9 Å². The SMILES string of the molecule is NS(=O)(=O)c1ccc(C2=C(c3ccc(Br)cc3)C(=O)OC2)cc1F. The van der Waals surface area contributed by atoms with Gasteiger partial charge < -0.3 is 4.74 Å². The summed E-state index contributed by atoms with van der Waals surface area (Å²) < 4.78 is 42.6. The van der Waals surface area contributed by atoms with Crippen molar-refractivity contribution in [2.24, 2.45) is 5.14 Å². The van der Waals surface area contributed by atoms with Gasteiger partial charge in [-0.2, -0.15) is 0 Å². The molecule has 8 heteroatoms. The average Bonchev–Trinajstić information content (AvgIpc) is 2.88. The van der Waals surface area contributed by atoms with Crippen LogP contribution in [-0.2, 0) is 19.6 Å². The molecule has 0 aromatic heterocycles. The van der Waals surface area contributed by atoms with Crippen LogP contribution in [0.25, 0.3) is 11.1 Å². The molecule has 3 rings (SSSR count). The first kappa shape index (κ1) is 16.8. The van der Waals surface area contributed by atoms with E-state index in [0.29, 0.717) is 22.3 Å². The lowest BCUT2D eigenvalue weighted by Gasteiger charge is -2.07. The van der Waals surface area contributed by atoms with E-state index in [1.165, 1.54) is 6.07 Å². The van der Waals surface area contributed by atoms with Gasteiger partial charge in [0.15, 0.2) is 0 Å². The predicted molar refractivity (Wildman–Crippen MR) is 89.7 cm³/mol. The van der Waals surface area contributed by atoms with Gasteiger partial charge in [-0.15, -0.1) is 0 Å². The van der Waals surface area contributed by atoms with Gasteiger partial charge >= 0.3 is 5.97 Å². The molecular weight excluding hydrogens is 401 g/mol. The van der Waals surface area contributed by atoms with Gasteiger partial charge in [0.1, 0.15) is 17.3 Å². The second-order valence-corrected chi connectivity index (χ2v) is 7.57. The molecule has 0 saturated heterocycles. The fourth-order valence-electron chi connectivity index (χ4n) is 2.46. The number of carbonyl (C=O) groups is 1. The first-order chi connectivity index (χ1) is 11.3. The number of carbonyl (C=O) groups excluding carboxylic acids is 1. The summed E-state index contributed by atoms with van der Waals surface area (Å²) in [6, 6.07) is 10.5. The van der Waals surface area contributed by atoms with E-state index < -0.39 is 26.7 Å². The number of primary sulfonamides is 1. The highest BCUT2D eigenvalue weighted by atomic mass is 79.9. The van der Waals surface area contributed by atoms with E-state index in [0.717, 1.165) is 16.6 Å². The summed E-state index contributed by atoms with van der Waals surface area (Å²) in [7, 11) is -4.15. The van der Waals surface area contributed by atoms with Crippen molar-refractivity contribution in [1.29, 1.82) is 0 Å². The van der Waals surface area contributed by atoms with Crippen LogP contribution < -0.4 is 5.14 Å². The summed E-state index contributed by atoms with van der Waals surface area (Å²) >= 11 is 3.31. The minimum Gasteiger partial charge on any atom is -0.457 e. The molecule has 24 heavy (non-hydrogen) atoms. The van der Waals surface area contributed by atoms with Gasteiger partial charge in [-0.05, 0) is 35.4 Å². The van der Waals surface area contributed by atoms with Crippen molar-refractivity contribution in [3.63, 3.8) is 0 Å². The van der Waals surface area contributed by atoms with Crippen molar-refractivity contribution in [2.45, 2.75) is 4.90 Å². The topological polar surface area (TPSA) is 86.5 Å². The molecule has 0 spiro atoms. The lowest BCUT2D eigenvalue weighted by molar-refractivity contribution is -0.133. The highest BCUT2D eigenvalue weighted by Gasteiger charge is 2.28. The third-order valence-electron chi connectivity index (χ3n) is 3.57. The molecule has 0 atom stereocenters. The van der Waals surface area contributed by atoms with Gasteiger partial charge in [0, 0.05) is 10.0 Å². The summed E-state index contributed by atoms with van der Waals surface area (Å²) in [6.45, 7) is -0.0155. The van der Waals surface area contributed by atoms with Gasteiger partial charge in [0.25, 0.3) is 0 Å². The number of sulfonamides is 1. The maximum absolute atomic E-state index is 14.1. The monoisotopic (exact) mass is 411 g/mol. The number of benzene rings is 2. The van der Waals surface area contributed by atoms with Crippen molar-refractivity contribution >= 4 is 43.1 Å². The number of hydrogen-bond acceptors (Lipinski definition) is 4. The van der Waals surface area contributed by atoms with Crippen LogP contribution in [0.15, 0.2) is 51.8 Å². The number of halogens is 2. The van der Waals surface area contributed by atoms with E-state index >= 15 is 0 Å². The second-order valence-electron chi connectivity index (χ2n) is 5.13. The Morgan fingerprint density at radius 1 is 1.08 bits per heavy atom. The molecule has 0 saturated carbocycles. The van der Waals surface area contributed by atoms with E-state index in [4.69, 9.17) is 9.88 Å². The molecule has 2 aromatic carbocycles. The van der Waals surface area contributed by atoms with Crippen LogP contribution in [0.5, 0.6) is 0 Å². The Morgan fingerprint density at radius 2 is 1.71 bits per heavy atom. The van der Waals surface area contributed by atoms with Crippen LogP contribution in [0.4, 0.5) is 4.39 Å². The molecule has 2 aromatic rings. The molecule has 1 aliphatic heterocycles. The molecule has 1 aliphatic rings. The lowest BCUT2D eigenvalue weighted by atomic mass is 9.97. The minimum absolute atomic E-state index is 0.0155. The molecule has 0 radical (unpaired) electrons. The molecule has 1 heterocycles. The molecular formula is C16H11BrFNO4S. The van der Waals surface area contributed by atoms with Crippen LogP contribution in [0.1, 0.15) is 11.1 Å². The van der Waals surface area contributed by atoms with Crippen molar-refractivity contribution in [3.05, 3.63) is 63.9 Å². The molecule has 0 amide bonds. The van der Waals surface area contributed by atoms with Crippen LogP contribution >= 0.6 is 15.9 Å². The Kier molecular flexibility index (Phi) is 4.29. The largest absolute Gasteiger partial charge is 0.457 e. The zero-order chi connectivity index (χ0) is 17.5. The van der Waals surface area contributed by atoms with Crippen molar-refractivity contribution < 1.29 is 22.3 Å². The molecule has 0 aliphatic carbocycles. The molecule has 0 bridgehead atoms. The van der Waals surface area contributed by atoms with Gasteiger partial charge in [0.05, 0.1) is 5.57 Å². The molecule has 0 fully saturated rings. The Hall–Kier alpha value is -2.03. The summed E-state index contributed by atoms with van der Waals surface area (Å²) in [5.74, 6) is -1.49. The van der Waals surface area contributed by atoms with Crippen molar-refractivity contribution in [1.82, 2.24) is 0 Å². The summed E-state index contributed by atoms with van der Waals surface area (Å²) in [5.41, 5.74) is 1.81. The third-order valence-corrected chi connectivity index (χ3v) is 5.05. The fraction of sp³-hybridized carbons (Fsp3) is 0.0625. The standard InChI is InChI=1S/C16H11BrFNO4S/c17-11-4-1-9(2-5-11)15-12(8-23-16(15)20)10-3-6-14(13(18)7-10)24(19,21)22/h1-7H,8H2,(H2,19,21,22). The van der Waals surface area contributed by atoms with E-state index in [1.807, 2.05) is 0 Å². The minimum atomic E-state index is -4.15. The third kappa shape index (κ3) is 3.12. The maximum Gasteiger partial charge on any atom is 0.339 e. The molecule has 124 valence electrons. The Bertz CT molecular complexity index is 968. The van der Waals surface area contributed by atoms with Gasteiger partial charge in [-0.25, -0.2) is 22.7 Å². The molecule has 2 N–H and O–H groups in total. The van der Waals surface area contributed by atoms with E-state index in [1.54, 1.807) is 24.3 Å². The maximum atomic E-state index is 14.1. The summed E-state index contributed by atoms with van der Waals surface area (Å²) in [5, 5.41) is 4.95. The van der Waals surface area contributed by atoms with E-state index in [-0.39, 0.29) is 6.61 Å². The second kappa shape index (κ2) is 6.12. The van der Waals surface area contributed by atoms with Crippen LogP contribution in [-0.4, -0.2) is 21.0 Å². The quantitative estimate of drug-likeness (QED) is 0.786. The van der Waals surface area contributed by atoms with Gasteiger partial charge in [-0.1, -0.05) is 34.1 Å². The number of esters is 1. The number of rotatable bonds is 3. The number of cyclic esters (lactones) is 1. The predicted octanol–water partition coefficient (Wildman–Crippen LogP) is 2.70. The number of hydrogen-bond donors (Lipinski definition) is 1. The van der Waals surface area contributed by atoms with Crippen molar-refractivity contribution in [2.75, 3.05) is 6.61 Å². The summed E-state index contributed by atoms with van der Waals surface area (Å²) in [4.78, 5) is 11.5. The Morgan fingerprint density at radius 3 is 2.29 bits per heavy atom. The number of nitrogens with two attached hydrogens (primary N) is 1. The average molecular weight is 412 g/mol. The van der Waals surface area contributed by atoms with Gasteiger partial charge in [0.2, 0.25) is 10.0 Å². The fourth-order valence-corrected chi connectivity index (χ4v) is 3.31. The first-order valence-electron chi connectivity index (χ1n) is 6.76. The lowest BCUT2D eigenvalue weighted by Crippen LogP contribution is -2.14. The summed E-state index contributed by atoms with van der Waals surface area (Å²) in [6.07, 6.45) is 0. The number of ether oxygens (including phenoxy) is 1.